The molecular weight excluding hydrogens is 541 g/mol. The molecule has 1 saturated heterocycles. The third kappa shape index (κ3) is 6.90. The van der Waals surface area contributed by atoms with Crippen LogP contribution in [0.5, 0.6) is 0 Å². The number of sulfonamides is 1. The van der Waals surface area contributed by atoms with Gasteiger partial charge in [0, 0.05) is 18.6 Å². The van der Waals surface area contributed by atoms with Crippen LogP contribution in [0.15, 0.2) is 12.1 Å². The number of aromatic nitrogens is 1. The fourth-order valence-electron chi connectivity index (χ4n) is 4.67. The van der Waals surface area contributed by atoms with Crippen molar-refractivity contribution < 1.29 is 13.2 Å². The Kier molecular flexibility index (Phi) is 8.84. The maximum absolute atomic E-state index is 13.3. The minimum Gasteiger partial charge on any atom is -0.382 e. The highest BCUT2D eigenvalue weighted by molar-refractivity contribution is 7.89. The predicted octanol–water partition coefficient (Wildman–Crippen LogP) is 4.77. The lowest BCUT2D eigenvalue weighted by atomic mass is 9.92. The summed E-state index contributed by atoms with van der Waals surface area (Å²) in [5.41, 5.74) is 7.32. The van der Waals surface area contributed by atoms with Crippen LogP contribution in [0, 0.1) is 5.92 Å². The number of nitrogens with two attached hydrogens (primary N) is 1. The molecule has 36 heavy (non-hydrogen) atoms. The zero-order chi connectivity index (χ0) is 26.0. The SMILES string of the molecule is CC(C)CS(=O)(=O)N[C@H]1CC[C@H](Nc2nc(N)c(C(=O)c3c(Cl)cc(CN4CCC4)cc3Cl)s2)CC1. The van der Waals surface area contributed by atoms with Crippen molar-refractivity contribution in [3.8, 4) is 0 Å². The quantitative estimate of drug-likeness (QED) is 0.350. The van der Waals surface area contributed by atoms with Crippen molar-refractivity contribution in [2.24, 2.45) is 5.92 Å². The molecule has 2 aromatic rings. The number of carbonyl (C=O) groups excluding carboxylic acids is 1. The van der Waals surface area contributed by atoms with Gasteiger partial charge < -0.3 is 11.1 Å². The van der Waals surface area contributed by atoms with Crippen LogP contribution in [0.2, 0.25) is 10.0 Å². The summed E-state index contributed by atoms with van der Waals surface area (Å²) >= 11 is 14.1. The van der Waals surface area contributed by atoms with E-state index in [1.54, 1.807) is 12.1 Å². The molecular formula is C24H33Cl2N5O3S2. The average molecular weight is 575 g/mol. The number of benzene rings is 1. The molecule has 2 aliphatic rings. The summed E-state index contributed by atoms with van der Waals surface area (Å²) in [6.07, 6.45) is 4.23. The number of likely N-dealkylation sites (tertiary alicyclic amines) is 1. The molecule has 1 aliphatic heterocycles. The largest absolute Gasteiger partial charge is 0.382 e. The number of carbonyl (C=O) groups is 1. The zero-order valence-corrected chi connectivity index (χ0v) is 23.7. The fourth-order valence-corrected chi connectivity index (χ4v) is 8.00. The lowest BCUT2D eigenvalue weighted by Gasteiger charge is -2.30. The topological polar surface area (TPSA) is 117 Å². The monoisotopic (exact) mass is 573 g/mol. The van der Waals surface area contributed by atoms with E-state index >= 15 is 0 Å². The van der Waals surface area contributed by atoms with Crippen LogP contribution in [-0.4, -0.2) is 55.0 Å². The van der Waals surface area contributed by atoms with Gasteiger partial charge >= 0.3 is 0 Å². The molecule has 1 saturated carbocycles. The molecule has 8 nitrogen and oxygen atoms in total. The molecule has 2 heterocycles. The number of hydrogen-bond acceptors (Lipinski definition) is 8. The molecule has 1 aromatic heterocycles. The van der Waals surface area contributed by atoms with Gasteiger partial charge in [-0.1, -0.05) is 48.4 Å². The second-order valence-corrected chi connectivity index (χ2v) is 13.7. The number of hydrogen-bond donors (Lipinski definition) is 3. The Morgan fingerprint density at radius 1 is 1.17 bits per heavy atom. The van der Waals surface area contributed by atoms with E-state index in [1.165, 1.54) is 17.8 Å². The molecule has 12 heteroatoms. The number of nitrogens with zero attached hydrogens (tertiary/aromatic N) is 2. The fraction of sp³-hybridized carbons (Fsp3) is 0.583. The molecule has 2 fully saturated rings. The number of thiazole rings is 1. The van der Waals surface area contributed by atoms with E-state index in [1.807, 2.05) is 13.8 Å². The van der Waals surface area contributed by atoms with E-state index in [2.05, 4.69) is 19.9 Å². The molecule has 1 aromatic carbocycles. The number of anilines is 2. The van der Waals surface area contributed by atoms with Gasteiger partial charge in [-0.25, -0.2) is 18.1 Å². The van der Waals surface area contributed by atoms with Gasteiger partial charge in [-0.05, 0) is 68.8 Å². The van der Waals surface area contributed by atoms with E-state index in [0.717, 1.165) is 50.9 Å². The maximum atomic E-state index is 13.3. The van der Waals surface area contributed by atoms with E-state index in [4.69, 9.17) is 28.9 Å². The summed E-state index contributed by atoms with van der Waals surface area (Å²) in [6, 6.07) is 3.66. The molecule has 0 spiro atoms. The Bertz CT molecular complexity index is 1180. The number of nitrogen functional groups attached to an aromatic ring is 1. The van der Waals surface area contributed by atoms with Crippen LogP contribution in [0.1, 0.15) is 66.8 Å². The summed E-state index contributed by atoms with van der Waals surface area (Å²) in [5.74, 6) is 0.0160. The van der Waals surface area contributed by atoms with Gasteiger partial charge in [-0.2, -0.15) is 0 Å². The van der Waals surface area contributed by atoms with Gasteiger partial charge in [-0.3, -0.25) is 9.69 Å². The lowest BCUT2D eigenvalue weighted by molar-refractivity contribution is 0.104. The van der Waals surface area contributed by atoms with Crippen LogP contribution in [-0.2, 0) is 16.6 Å². The Morgan fingerprint density at radius 2 is 1.78 bits per heavy atom. The molecule has 0 radical (unpaired) electrons. The van der Waals surface area contributed by atoms with Crippen LogP contribution in [0.25, 0.3) is 0 Å². The first-order valence-corrected chi connectivity index (χ1v) is 15.5. The average Bonchev–Trinajstić information content (AvgIpc) is 3.10. The highest BCUT2D eigenvalue weighted by Gasteiger charge is 2.28. The molecule has 1 aliphatic carbocycles. The number of rotatable bonds is 10. The third-order valence-electron chi connectivity index (χ3n) is 6.50. The number of halogens is 2. The molecule has 0 atom stereocenters. The zero-order valence-electron chi connectivity index (χ0n) is 20.5. The van der Waals surface area contributed by atoms with Crippen molar-refractivity contribution in [1.82, 2.24) is 14.6 Å². The molecule has 198 valence electrons. The summed E-state index contributed by atoms with van der Waals surface area (Å²) in [6.45, 7) is 6.65. The highest BCUT2D eigenvalue weighted by Crippen LogP contribution is 2.35. The van der Waals surface area contributed by atoms with Gasteiger partial charge in [-0.15, -0.1) is 0 Å². The molecule has 0 amide bonds. The van der Waals surface area contributed by atoms with E-state index in [0.29, 0.717) is 20.1 Å². The molecule has 0 bridgehead atoms. The van der Waals surface area contributed by atoms with Crippen molar-refractivity contribution >= 4 is 61.3 Å². The van der Waals surface area contributed by atoms with Crippen LogP contribution < -0.4 is 15.8 Å². The summed E-state index contributed by atoms with van der Waals surface area (Å²) in [4.78, 5) is 20.2. The Balaban J connectivity index is 1.37. The van der Waals surface area contributed by atoms with E-state index in [9.17, 15) is 13.2 Å². The second-order valence-electron chi connectivity index (χ2n) is 10.1. The Morgan fingerprint density at radius 3 is 2.33 bits per heavy atom. The Hall–Kier alpha value is -1.43. The predicted molar refractivity (Wildman–Crippen MR) is 148 cm³/mol. The van der Waals surface area contributed by atoms with E-state index < -0.39 is 10.0 Å². The molecule has 4 N–H and O–H groups in total. The van der Waals surface area contributed by atoms with Gasteiger partial charge in [0.15, 0.2) is 5.13 Å². The lowest BCUT2D eigenvalue weighted by Crippen LogP contribution is -2.41. The molecule has 4 rings (SSSR count). The normalized spacial score (nSPS) is 20.9. The minimum absolute atomic E-state index is 0.0568. The number of ketones is 1. The number of nitrogens with one attached hydrogen (secondary N) is 2. The van der Waals surface area contributed by atoms with Crippen LogP contribution >= 0.6 is 34.5 Å². The summed E-state index contributed by atoms with van der Waals surface area (Å²) in [5, 5.41) is 4.54. The minimum atomic E-state index is -3.27. The van der Waals surface area contributed by atoms with Crippen molar-refractivity contribution in [2.45, 2.75) is 64.6 Å². The van der Waals surface area contributed by atoms with Crippen molar-refractivity contribution in [3.05, 3.63) is 38.2 Å². The molecule has 0 unspecified atom stereocenters. The smallest absolute Gasteiger partial charge is 0.212 e. The summed E-state index contributed by atoms with van der Waals surface area (Å²) in [7, 11) is -3.27. The first-order chi connectivity index (χ1) is 17.0. The standard InChI is InChI=1S/C24H33Cl2N5O3S2/c1-14(2)13-36(33,34)30-17-6-4-16(5-7-17)28-24-29-23(27)22(35-24)21(32)20-18(25)10-15(11-19(20)26)12-31-8-3-9-31/h10-11,14,16-17,30H,3-9,12-13,27H2,1-2H3,(H,28,29)/t16-,17-. The van der Waals surface area contributed by atoms with Crippen molar-refractivity contribution in [1.29, 1.82) is 0 Å². The highest BCUT2D eigenvalue weighted by atomic mass is 35.5. The van der Waals surface area contributed by atoms with Gasteiger partial charge in [0.2, 0.25) is 15.8 Å². The maximum Gasteiger partial charge on any atom is 0.212 e. The third-order valence-corrected chi connectivity index (χ3v) is 9.89. The van der Waals surface area contributed by atoms with Crippen molar-refractivity contribution in [2.75, 3.05) is 29.9 Å². The Labute approximate surface area is 227 Å². The summed E-state index contributed by atoms with van der Waals surface area (Å²) < 4.78 is 27.3. The van der Waals surface area contributed by atoms with Crippen molar-refractivity contribution in [3.63, 3.8) is 0 Å². The van der Waals surface area contributed by atoms with Gasteiger partial charge in [0.1, 0.15) is 10.7 Å². The van der Waals surface area contributed by atoms with Gasteiger partial charge in [0.25, 0.3) is 0 Å². The van der Waals surface area contributed by atoms with E-state index in [-0.39, 0.29) is 40.9 Å². The first-order valence-electron chi connectivity index (χ1n) is 12.3. The first kappa shape index (κ1) is 27.6. The van der Waals surface area contributed by atoms with Crippen LogP contribution in [0.4, 0.5) is 10.9 Å². The van der Waals surface area contributed by atoms with Crippen LogP contribution in [0.3, 0.4) is 0 Å². The van der Waals surface area contributed by atoms with Gasteiger partial charge in [0.05, 0.1) is 21.4 Å². The second kappa shape index (κ2) is 11.5.